The van der Waals surface area contributed by atoms with Gasteiger partial charge in [-0.1, -0.05) is 29.5 Å². The van der Waals surface area contributed by atoms with Crippen molar-refractivity contribution in [1.82, 2.24) is 34.7 Å². The Morgan fingerprint density at radius 3 is 2.91 bits per heavy atom. The van der Waals surface area contributed by atoms with E-state index in [1.165, 1.54) is 4.68 Å². The lowest BCUT2D eigenvalue weighted by Gasteiger charge is -2.01. The van der Waals surface area contributed by atoms with E-state index < -0.39 is 0 Å². The summed E-state index contributed by atoms with van der Waals surface area (Å²) >= 11 is 0. The van der Waals surface area contributed by atoms with E-state index in [1.807, 2.05) is 36.7 Å². The molecule has 4 rings (SSSR count). The summed E-state index contributed by atoms with van der Waals surface area (Å²) in [6.07, 6.45) is 5.41. The first-order valence-electron chi connectivity index (χ1n) is 7.06. The Labute approximate surface area is 130 Å². The fourth-order valence-corrected chi connectivity index (χ4v) is 2.50. The molecule has 0 unspecified atom stereocenters. The van der Waals surface area contributed by atoms with Crippen LogP contribution in [0.4, 0.5) is 0 Å². The van der Waals surface area contributed by atoms with Crippen molar-refractivity contribution in [3.63, 3.8) is 0 Å². The molecule has 0 amide bonds. The van der Waals surface area contributed by atoms with E-state index in [1.54, 1.807) is 17.9 Å². The van der Waals surface area contributed by atoms with Gasteiger partial charge in [0.1, 0.15) is 12.2 Å². The highest BCUT2D eigenvalue weighted by Gasteiger charge is 2.10. The molecule has 0 bridgehead atoms. The summed E-state index contributed by atoms with van der Waals surface area (Å²) in [6, 6.07) is 7.99. The van der Waals surface area contributed by atoms with Gasteiger partial charge in [0.25, 0.3) is 0 Å². The van der Waals surface area contributed by atoms with Gasteiger partial charge in [0.15, 0.2) is 5.82 Å². The molecule has 0 saturated heterocycles. The van der Waals surface area contributed by atoms with E-state index in [4.69, 9.17) is 0 Å². The number of nitrogens with one attached hydrogen (secondary N) is 1. The van der Waals surface area contributed by atoms with Crippen LogP contribution in [0.1, 0.15) is 5.82 Å². The maximum Gasteiger partial charge on any atom is 0.343 e. The van der Waals surface area contributed by atoms with Crippen LogP contribution in [0.5, 0.6) is 0 Å². The van der Waals surface area contributed by atoms with Gasteiger partial charge >= 0.3 is 5.69 Å². The summed E-state index contributed by atoms with van der Waals surface area (Å²) < 4.78 is 2.89. The molecule has 114 valence electrons. The molecule has 0 saturated carbocycles. The number of aromatic nitrogens is 7. The standard InChI is InChI=1S/C15H13N7O/c1-21-15(23)17-14(19-21)9-22-8-13(18-20-22)12-7-16-6-10-4-2-3-5-11(10)12/h2-8H,9H2,1H3,(H,17,19,23). The Kier molecular flexibility index (Phi) is 3.00. The first-order valence-corrected chi connectivity index (χ1v) is 7.06. The minimum atomic E-state index is -0.251. The summed E-state index contributed by atoms with van der Waals surface area (Å²) in [4.78, 5) is 18.3. The molecule has 0 aliphatic carbocycles. The molecule has 0 fully saturated rings. The summed E-state index contributed by atoms with van der Waals surface area (Å²) in [7, 11) is 1.59. The second-order valence-electron chi connectivity index (χ2n) is 5.21. The van der Waals surface area contributed by atoms with Crippen molar-refractivity contribution < 1.29 is 0 Å². The number of fused-ring (bicyclic) bond motifs is 1. The molecule has 0 aliphatic rings. The predicted molar refractivity (Wildman–Crippen MR) is 83.7 cm³/mol. The van der Waals surface area contributed by atoms with Crippen molar-refractivity contribution in [2.75, 3.05) is 0 Å². The Morgan fingerprint density at radius 1 is 1.22 bits per heavy atom. The van der Waals surface area contributed by atoms with E-state index in [0.29, 0.717) is 12.4 Å². The van der Waals surface area contributed by atoms with Gasteiger partial charge < -0.3 is 0 Å². The van der Waals surface area contributed by atoms with Crippen molar-refractivity contribution in [1.29, 1.82) is 0 Å². The molecule has 8 heteroatoms. The minimum Gasteiger partial charge on any atom is -0.291 e. The molecule has 0 spiro atoms. The van der Waals surface area contributed by atoms with E-state index in [9.17, 15) is 4.79 Å². The van der Waals surface area contributed by atoms with Crippen LogP contribution in [-0.2, 0) is 13.6 Å². The molecule has 4 aromatic rings. The molecule has 8 nitrogen and oxygen atoms in total. The van der Waals surface area contributed by atoms with Crippen LogP contribution < -0.4 is 5.69 Å². The topological polar surface area (TPSA) is 94.3 Å². The average Bonchev–Trinajstić information content (AvgIpc) is 3.14. The predicted octanol–water partition coefficient (Wildman–Crippen LogP) is 0.963. The monoisotopic (exact) mass is 307 g/mol. The summed E-state index contributed by atoms with van der Waals surface area (Å²) in [6.45, 7) is 0.348. The number of H-pyrrole nitrogens is 1. The smallest absolute Gasteiger partial charge is 0.291 e. The van der Waals surface area contributed by atoms with Crippen molar-refractivity contribution in [3.05, 3.63) is 59.2 Å². The Balaban J connectivity index is 1.71. The van der Waals surface area contributed by atoms with Gasteiger partial charge in [-0.05, 0) is 5.39 Å². The van der Waals surface area contributed by atoms with Gasteiger partial charge in [-0.25, -0.2) is 14.2 Å². The molecule has 0 atom stereocenters. The molecular formula is C15H13N7O. The fourth-order valence-electron chi connectivity index (χ4n) is 2.50. The van der Waals surface area contributed by atoms with Crippen molar-refractivity contribution in [2.24, 2.45) is 7.05 Å². The highest BCUT2D eigenvalue weighted by Crippen LogP contribution is 2.25. The number of pyridine rings is 1. The number of aromatic amines is 1. The molecule has 1 N–H and O–H groups in total. The van der Waals surface area contributed by atoms with Gasteiger partial charge in [0.05, 0.1) is 6.20 Å². The number of benzene rings is 1. The Bertz CT molecular complexity index is 1040. The zero-order valence-electron chi connectivity index (χ0n) is 12.3. The number of nitrogens with zero attached hydrogens (tertiary/aromatic N) is 6. The van der Waals surface area contributed by atoms with Crippen LogP contribution in [0.3, 0.4) is 0 Å². The van der Waals surface area contributed by atoms with Crippen LogP contribution in [-0.4, -0.2) is 34.7 Å². The second-order valence-corrected chi connectivity index (χ2v) is 5.21. The maximum atomic E-state index is 11.4. The zero-order chi connectivity index (χ0) is 15.8. The van der Waals surface area contributed by atoms with E-state index in [-0.39, 0.29) is 5.69 Å². The van der Waals surface area contributed by atoms with Gasteiger partial charge in [-0.15, -0.1) is 5.10 Å². The normalized spacial score (nSPS) is 11.2. The SMILES string of the molecule is Cn1nc(Cn2cc(-c3cncc4ccccc34)nn2)[nH]c1=O. The molecular weight excluding hydrogens is 294 g/mol. The third kappa shape index (κ3) is 2.39. The summed E-state index contributed by atoms with van der Waals surface area (Å²) in [5, 5.41) is 14.5. The minimum absolute atomic E-state index is 0.251. The summed E-state index contributed by atoms with van der Waals surface area (Å²) in [5.74, 6) is 0.532. The van der Waals surface area contributed by atoms with Crippen molar-refractivity contribution in [3.8, 4) is 11.3 Å². The van der Waals surface area contributed by atoms with Gasteiger partial charge in [-0.2, -0.15) is 5.10 Å². The highest BCUT2D eigenvalue weighted by molar-refractivity contribution is 5.94. The third-order valence-electron chi connectivity index (χ3n) is 3.61. The maximum absolute atomic E-state index is 11.4. The molecule has 3 heterocycles. The van der Waals surface area contributed by atoms with E-state index in [2.05, 4.69) is 25.4 Å². The largest absolute Gasteiger partial charge is 0.343 e. The average molecular weight is 307 g/mol. The zero-order valence-corrected chi connectivity index (χ0v) is 12.3. The Hall–Kier alpha value is -3.29. The van der Waals surface area contributed by atoms with Crippen LogP contribution in [0, 0.1) is 0 Å². The third-order valence-corrected chi connectivity index (χ3v) is 3.61. The fraction of sp³-hybridized carbons (Fsp3) is 0.133. The number of aryl methyl sites for hydroxylation is 1. The Morgan fingerprint density at radius 2 is 2.09 bits per heavy atom. The van der Waals surface area contributed by atoms with Crippen LogP contribution in [0.25, 0.3) is 22.0 Å². The van der Waals surface area contributed by atoms with Crippen LogP contribution in [0.15, 0.2) is 47.7 Å². The molecule has 23 heavy (non-hydrogen) atoms. The molecule has 3 aromatic heterocycles. The van der Waals surface area contributed by atoms with Crippen LogP contribution >= 0.6 is 0 Å². The first kappa shape index (κ1) is 13.4. The molecule has 0 radical (unpaired) electrons. The quantitative estimate of drug-likeness (QED) is 0.608. The van der Waals surface area contributed by atoms with Gasteiger partial charge in [-0.3, -0.25) is 9.97 Å². The lowest BCUT2D eigenvalue weighted by atomic mass is 10.1. The summed E-state index contributed by atoms with van der Waals surface area (Å²) in [5.41, 5.74) is 1.40. The van der Waals surface area contributed by atoms with Crippen LogP contribution in [0.2, 0.25) is 0 Å². The highest BCUT2D eigenvalue weighted by atomic mass is 16.1. The lowest BCUT2D eigenvalue weighted by Crippen LogP contribution is -2.13. The van der Waals surface area contributed by atoms with Crippen molar-refractivity contribution >= 4 is 10.8 Å². The van der Waals surface area contributed by atoms with Gasteiger partial charge in [0.2, 0.25) is 0 Å². The second kappa shape index (κ2) is 5.16. The van der Waals surface area contributed by atoms with E-state index >= 15 is 0 Å². The van der Waals surface area contributed by atoms with Gasteiger partial charge in [0, 0.05) is 30.4 Å². The van der Waals surface area contributed by atoms with Crippen molar-refractivity contribution in [2.45, 2.75) is 6.54 Å². The van der Waals surface area contributed by atoms with E-state index in [0.717, 1.165) is 22.0 Å². The first-order chi connectivity index (χ1) is 11.2. The number of hydrogen-bond acceptors (Lipinski definition) is 5. The number of rotatable bonds is 3. The molecule has 1 aromatic carbocycles. The lowest BCUT2D eigenvalue weighted by molar-refractivity contribution is 0.616. The number of hydrogen-bond donors (Lipinski definition) is 1. The molecule has 0 aliphatic heterocycles.